The molecule has 0 aliphatic rings. The first-order valence-electron chi connectivity index (χ1n) is 6.73. The van der Waals surface area contributed by atoms with Gasteiger partial charge in [0, 0.05) is 0 Å². The van der Waals surface area contributed by atoms with Gasteiger partial charge in [-0.25, -0.2) is 0 Å². The Morgan fingerprint density at radius 3 is 0.438 bits per heavy atom. The maximum absolute atomic E-state index is 9.63. The number of aliphatic hydroxyl groups is 6. The van der Waals surface area contributed by atoms with Gasteiger partial charge in [0.2, 0.25) is 0 Å². The zero-order valence-corrected chi connectivity index (χ0v) is 20.0. The molecule has 0 aromatic carbocycles. The predicted molar refractivity (Wildman–Crippen MR) is 77.6 cm³/mol. The molecule has 0 spiro atoms. The third kappa shape index (κ3) is 17.9. The second-order valence-electron chi connectivity index (χ2n) is 4.58. The van der Waals surface area contributed by atoms with Crippen molar-refractivity contribution < 1.29 is 90.0 Å². The van der Waals surface area contributed by atoms with Crippen LogP contribution in [0.4, 0.5) is 0 Å². The van der Waals surface area contributed by atoms with Crippen LogP contribution in [0.5, 0.6) is 0 Å². The van der Waals surface area contributed by atoms with Gasteiger partial charge in [0.15, 0.2) is 0 Å². The Kier molecular flexibility index (Phi) is 25.2. The molecular weight excluding hydrogens is 676 g/mol. The largest absolute Gasteiger partial charge is 3.00 e. The van der Waals surface area contributed by atoms with Gasteiger partial charge in [0.05, 0.1) is 35.8 Å². The van der Waals surface area contributed by atoms with Crippen molar-refractivity contribution in [3.8, 4) is 0 Å². The number of rotatable bonds is 9. The van der Waals surface area contributed by atoms with Gasteiger partial charge in [-0.3, -0.25) is 0 Å². The molecule has 6 unspecified atom stereocenters. The molecule has 0 aromatic heterocycles. The molecule has 18 nitrogen and oxygen atoms in total. The maximum atomic E-state index is 9.63. The minimum Gasteiger partial charge on any atom is -0.547 e. The second kappa shape index (κ2) is 19.9. The van der Waals surface area contributed by atoms with Crippen LogP contribution in [0, 0.1) is 0 Å². The van der Waals surface area contributed by atoms with Gasteiger partial charge in [-0.1, -0.05) is 0 Å². The molecule has 0 aliphatic carbocycles. The Morgan fingerprint density at radius 1 is 0.344 bits per heavy atom. The van der Waals surface area contributed by atoms with E-state index in [2.05, 4.69) is 0 Å². The normalized spacial score (nSPS) is 14.8. The molecule has 0 amide bonds. The number of carbonyl (C=O) groups excluding carboxylic acids is 6. The van der Waals surface area contributed by atoms with E-state index in [-0.39, 0.29) is 48.9 Å². The van der Waals surface area contributed by atoms with E-state index in [1.165, 1.54) is 0 Å². The number of carbonyl (C=O) groups is 6. The van der Waals surface area contributed by atoms with E-state index in [1.54, 1.807) is 0 Å². The fourth-order valence-electron chi connectivity index (χ4n) is 0.773. The Balaban J connectivity index is -0.000000110. The summed E-state index contributed by atoms with van der Waals surface area (Å²) in [5.41, 5.74) is 0. The quantitative estimate of drug-likeness (QED) is 0.122. The molecule has 4 radical (unpaired) electrons. The molecule has 0 bridgehead atoms. The van der Waals surface area contributed by atoms with E-state index < -0.39 is 72.4 Å². The Hall–Kier alpha value is -1.78. The summed E-state index contributed by atoms with van der Waals surface area (Å²) in [6.45, 7) is 0. The van der Waals surface area contributed by atoms with Crippen molar-refractivity contribution in [2.45, 2.75) is 36.6 Å². The minimum absolute atomic E-state index is 0. The van der Waals surface area contributed by atoms with Crippen molar-refractivity contribution in [1.82, 2.24) is 0 Å². The fourth-order valence-corrected chi connectivity index (χ4v) is 0.773. The molecule has 0 aromatic rings. The Labute approximate surface area is 210 Å². The van der Waals surface area contributed by atoms with Crippen LogP contribution in [-0.2, 0) is 28.8 Å². The Morgan fingerprint density at radius 2 is 0.406 bits per heavy atom. The van der Waals surface area contributed by atoms with E-state index in [0.717, 1.165) is 0 Å². The van der Waals surface area contributed by atoms with Gasteiger partial charge in [-0.05, 0) is 0 Å². The summed E-state index contributed by atoms with van der Waals surface area (Å²) >= 11 is 0. The molecule has 6 N–H and O–H groups in total. The van der Waals surface area contributed by atoms with Gasteiger partial charge < -0.3 is 90.0 Å². The summed E-state index contributed by atoms with van der Waals surface area (Å²) < 4.78 is 0. The molecule has 0 saturated heterocycles. The van der Waals surface area contributed by atoms with E-state index in [0.29, 0.717) is 0 Å². The van der Waals surface area contributed by atoms with Crippen LogP contribution in [0.2, 0.25) is 0 Å². The van der Waals surface area contributed by atoms with E-state index in [9.17, 15) is 59.4 Å². The summed E-state index contributed by atoms with van der Waals surface area (Å²) in [5, 5.41) is 107. The van der Waals surface area contributed by atoms with Crippen molar-refractivity contribution in [3.63, 3.8) is 0 Å². The number of aliphatic hydroxyl groups excluding tert-OH is 6. The standard InChI is InChI=1S/3C4H6O6.2Sb/c3*5-1(3(7)8)2(6)4(9)10;;/h3*1-2,5-6H,(H,7,8)(H,9,10);;/q;;;2*+3/p-6. The predicted octanol–water partition coefficient (Wildman–Crippen LogP) is -15.1. The first kappa shape index (κ1) is 40.6. The average molecular weight is 688 g/mol. The number of aliphatic carboxylic acids is 6. The number of carboxylic acids is 6. The van der Waals surface area contributed by atoms with E-state index in [4.69, 9.17) is 30.6 Å². The molecule has 0 heterocycles. The van der Waals surface area contributed by atoms with Crippen molar-refractivity contribution >= 4 is 84.7 Å². The average Bonchev–Trinajstić information content (AvgIpc) is 2.64. The van der Waals surface area contributed by atoms with Gasteiger partial charge in [0.1, 0.15) is 36.6 Å². The topological polar surface area (TPSA) is 362 Å². The van der Waals surface area contributed by atoms with Crippen LogP contribution in [0.1, 0.15) is 0 Å². The van der Waals surface area contributed by atoms with Crippen LogP contribution < -0.4 is 30.6 Å². The second-order valence-corrected chi connectivity index (χ2v) is 4.58. The molecular formula is C12H12O18Sb2. The molecule has 0 fully saturated rings. The molecule has 6 atom stereocenters. The Bertz CT molecular complexity index is 498. The van der Waals surface area contributed by atoms with Crippen LogP contribution >= 0.6 is 0 Å². The van der Waals surface area contributed by atoms with Gasteiger partial charge in [0.25, 0.3) is 0 Å². The number of hydrogen-bond acceptors (Lipinski definition) is 18. The summed E-state index contributed by atoms with van der Waals surface area (Å²) in [6.07, 6.45) is -14.6. The zero-order chi connectivity index (χ0) is 24.9. The fraction of sp³-hybridized carbons (Fsp3) is 0.500. The molecule has 0 saturated carbocycles. The van der Waals surface area contributed by atoms with Crippen LogP contribution in [0.25, 0.3) is 0 Å². The molecule has 0 rings (SSSR count). The van der Waals surface area contributed by atoms with Crippen molar-refractivity contribution in [3.05, 3.63) is 0 Å². The minimum atomic E-state index is -2.44. The van der Waals surface area contributed by atoms with Gasteiger partial charge in [-0.2, -0.15) is 0 Å². The number of carboxylic acid groups (broad SMARTS) is 6. The monoisotopic (exact) mass is 686 g/mol. The van der Waals surface area contributed by atoms with Gasteiger partial charge in [-0.15, -0.1) is 0 Å². The van der Waals surface area contributed by atoms with Gasteiger partial charge >= 0.3 is 48.9 Å². The third-order valence-electron chi connectivity index (χ3n) is 2.35. The molecule has 32 heavy (non-hydrogen) atoms. The number of hydrogen-bond donors (Lipinski definition) is 6. The smallest absolute Gasteiger partial charge is 0.547 e. The molecule has 178 valence electrons. The van der Waals surface area contributed by atoms with Crippen molar-refractivity contribution in [1.29, 1.82) is 0 Å². The first-order valence-corrected chi connectivity index (χ1v) is 6.73. The first-order chi connectivity index (χ1) is 13.4. The summed E-state index contributed by atoms with van der Waals surface area (Å²) in [4.78, 5) is 57.8. The van der Waals surface area contributed by atoms with E-state index >= 15 is 0 Å². The molecule has 20 heteroatoms. The molecule has 0 aliphatic heterocycles. The van der Waals surface area contributed by atoms with Crippen molar-refractivity contribution in [2.24, 2.45) is 0 Å². The third-order valence-corrected chi connectivity index (χ3v) is 2.35. The van der Waals surface area contributed by atoms with Crippen LogP contribution in [0.3, 0.4) is 0 Å². The summed E-state index contributed by atoms with van der Waals surface area (Å²) in [5.74, 6) is -12.4. The maximum Gasteiger partial charge on any atom is 3.00 e. The van der Waals surface area contributed by atoms with Crippen LogP contribution in [0.15, 0.2) is 0 Å². The van der Waals surface area contributed by atoms with Crippen LogP contribution in [-0.4, -0.2) is 152 Å². The summed E-state index contributed by atoms with van der Waals surface area (Å²) in [7, 11) is 0. The zero-order valence-electron chi connectivity index (χ0n) is 14.9. The van der Waals surface area contributed by atoms with Crippen molar-refractivity contribution in [2.75, 3.05) is 0 Å². The summed E-state index contributed by atoms with van der Waals surface area (Å²) in [6, 6.07) is 0. The van der Waals surface area contributed by atoms with E-state index in [1.807, 2.05) is 0 Å². The SMILES string of the molecule is O=C([O-])C(O)C(O)C(=O)[O-].O=C([O-])C(O)C(O)C(=O)[O-].O=C([O-])C(O)C(O)C(=O)[O-].[Sb+3].[Sb+3].